The van der Waals surface area contributed by atoms with Crippen LogP contribution in [0.2, 0.25) is 5.15 Å². The lowest BCUT2D eigenvalue weighted by atomic mass is 10.2. The van der Waals surface area contributed by atoms with E-state index in [-0.39, 0.29) is 18.5 Å². The first-order chi connectivity index (χ1) is 12.0. The molecule has 0 fully saturated rings. The number of rotatable bonds is 5. The molecule has 0 aromatic carbocycles. The summed E-state index contributed by atoms with van der Waals surface area (Å²) in [5, 5.41) is 3.85. The summed E-state index contributed by atoms with van der Waals surface area (Å²) < 4.78 is 5.07. The summed E-state index contributed by atoms with van der Waals surface area (Å²) >= 11 is 5.85. The Labute approximate surface area is 148 Å². The van der Waals surface area contributed by atoms with Gasteiger partial charge in [-0.05, 0) is 29.8 Å². The van der Waals surface area contributed by atoms with Gasteiger partial charge in [-0.1, -0.05) is 18.5 Å². The lowest BCUT2D eigenvalue weighted by Gasteiger charge is -2.06. The van der Waals surface area contributed by atoms with Gasteiger partial charge in [0.05, 0.1) is 11.7 Å². The molecule has 2 N–H and O–H groups in total. The third kappa shape index (κ3) is 4.13. The lowest BCUT2D eigenvalue weighted by Crippen LogP contribution is -2.13. The third-order valence-electron chi connectivity index (χ3n) is 3.47. The molecule has 0 atom stereocenters. The highest BCUT2D eigenvalue weighted by molar-refractivity contribution is 6.30. The molecule has 7 nitrogen and oxygen atoms in total. The molecule has 1 amide bonds. The summed E-state index contributed by atoms with van der Waals surface area (Å²) in [7, 11) is 0. The van der Waals surface area contributed by atoms with Gasteiger partial charge in [0.15, 0.2) is 0 Å². The molecule has 3 aromatic rings. The minimum atomic E-state index is -0.345. The number of nitrogens with zero attached hydrogens (tertiary/aromatic N) is 2. The first kappa shape index (κ1) is 16.9. The van der Waals surface area contributed by atoms with Crippen LogP contribution in [0.3, 0.4) is 0 Å². The number of pyridine rings is 2. The predicted molar refractivity (Wildman–Crippen MR) is 93.4 cm³/mol. The fraction of sp³-hybridized carbons (Fsp3) is 0.176. The maximum absolute atomic E-state index is 12.4. The number of carbonyl (C=O) groups excluding carboxylic acids is 2. The van der Waals surface area contributed by atoms with E-state index in [0.29, 0.717) is 28.6 Å². The molecule has 0 aliphatic rings. The molecule has 0 spiro atoms. The minimum absolute atomic E-state index is 0.134. The molecule has 3 aromatic heterocycles. The molecule has 0 radical (unpaired) electrons. The first-order valence-corrected chi connectivity index (χ1v) is 7.99. The van der Waals surface area contributed by atoms with Crippen LogP contribution in [0.15, 0.2) is 36.7 Å². The normalized spacial score (nSPS) is 10.6. The van der Waals surface area contributed by atoms with Crippen molar-refractivity contribution in [2.24, 2.45) is 0 Å². The van der Waals surface area contributed by atoms with Gasteiger partial charge in [0.2, 0.25) is 0 Å². The van der Waals surface area contributed by atoms with Crippen LogP contribution in [0.25, 0.3) is 10.9 Å². The number of halogens is 1. The van der Waals surface area contributed by atoms with Gasteiger partial charge in [0.1, 0.15) is 23.3 Å². The molecule has 3 heterocycles. The molecule has 0 unspecified atom stereocenters. The Morgan fingerprint density at radius 2 is 2.12 bits per heavy atom. The van der Waals surface area contributed by atoms with E-state index >= 15 is 0 Å². The molecule has 0 aliphatic heterocycles. The van der Waals surface area contributed by atoms with E-state index in [9.17, 15) is 9.59 Å². The summed E-state index contributed by atoms with van der Waals surface area (Å²) in [6.07, 6.45) is 3.42. The molecule has 0 saturated carbocycles. The van der Waals surface area contributed by atoms with E-state index in [1.165, 1.54) is 0 Å². The van der Waals surface area contributed by atoms with Gasteiger partial charge < -0.3 is 15.0 Å². The number of carbonyl (C=O) groups is 2. The van der Waals surface area contributed by atoms with Crippen LogP contribution in [-0.4, -0.2) is 26.8 Å². The molecule has 3 rings (SSSR count). The van der Waals surface area contributed by atoms with Crippen LogP contribution < -0.4 is 5.32 Å². The number of aromatic nitrogens is 3. The Balaban J connectivity index is 1.72. The zero-order chi connectivity index (χ0) is 17.8. The second kappa shape index (κ2) is 7.31. The summed E-state index contributed by atoms with van der Waals surface area (Å²) in [5.41, 5.74) is 1.81. The van der Waals surface area contributed by atoms with Crippen molar-refractivity contribution in [2.45, 2.75) is 20.0 Å². The van der Waals surface area contributed by atoms with Gasteiger partial charge >= 0.3 is 5.97 Å². The second-order valence-corrected chi connectivity index (χ2v) is 5.68. The zero-order valence-electron chi connectivity index (χ0n) is 13.4. The van der Waals surface area contributed by atoms with Crippen molar-refractivity contribution in [3.63, 3.8) is 0 Å². The quantitative estimate of drug-likeness (QED) is 0.538. The van der Waals surface area contributed by atoms with Crippen molar-refractivity contribution in [3.05, 3.63) is 53.1 Å². The summed E-state index contributed by atoms with van der Waals surface area (Å²) in [5.74, 6) is -0.264. The van der Waals surface area contributed by atoms with Crippen LogP contribution in [0.1, 0.15) is 29.4 Å². The maximum atomic E-state index is 12.4. The average Bonchev–Trinajstić information content (AvgIpc) is 3.03. The number of hydrogen-bond acceptors (Lipinski definition) is 5. The third-order valence-corrected chi connectivity index (χ3v) is 3.68. The summed E-state index contributed by atoms with van der Waals surface area (Å²) in [6, 6.07) is 6.73. The number of H-pyrrole nitrogens is 1. The van der Waals surface area contributed by atoms with Gasteiger partial charge in [0.25, 0.3) is 5.91 Å². The molecule has 8 heteroatoms. The standard InChI is InChI=1S/C17H15ClN4O3/c1-2-16(23)25-9-10-3-4-19-15(5-10)22-17(24)12-6-11-7-14(18)20-8-13(11)21-12/h3-8,21H,2,9H2,1H3,(H,19,22,24). The van der Waals surface area contributed by atoms with E-state index < -0.39 is 0 Å². The Morgan fingerprint density at radius 1 is 1.28 bits per heavy atom. The molecule has 25 heavy (non-hydrogen) atoms. The monoisotopic (exact) mass is 358 g/mol. The number of hydrogen-bond donors (Lipinski definition) is 2. The zero-order valence-corrected chi connectivity index (χ0v) is 14.1. The topological polar surface area (TPSA) is 97.0 Å². The maximum Gasteiger partial charge on any atom is 0.305 e. The Bertz CT molecular complexity index is 939. The number of esters is 1. The largest absolute Gasteiger partial charge is 0.461 e. The highest BCUT2D eigenvalue weighted by Crippen LogP contribution is 2.18. The van der Waals surface area contributed by atoms with Crippen molar-refractivity contribution in [1.82, 2.24) is 15.0 Å². The summed E-state index contributed by atoms with van der Waals surface area (Å²) in [6.45, 7) is 1.86. The molecule has 0 bridgehead atoms. The van der Waals surface area contributed by atoms with Crippen LogP contribution in [0, 0.1) is 0 Å². The van der Waals surface area contributed by atoms with Gasteiger partial charge in [-0.3, -0.25) is 9.59 Å². The van der Waals surface area contributed by atoms with Gasteiger partial charge in [-0.15, -0.1) is 0 Å². The van der Waals surface area contributed by atoms with Crippen LogP contribution >= 0.6 is 11.6 Å². The van der Waals surface area contributed by atoms with E-state index in [0.717, 1.165) is 10.9 Å². The second-order valence-electron chi connectivity index (χ2n) is 5.29. The Kier molecular flexibility index (Phi) is 4.95. The SMILES string of the molecule is CCC(=O)OCc1ccnc(NC(=O)c2cc3cc(Cl)ncc3[nH]2)c1. The number of amides is 1. The first-order valence-electron chi connectivity index (χ1n) is 7.61. The number of anilines is 1. The molecule has 128 valence electrons. The van der Waals surface area contributed by atoms with Gasteiger partial charge in [-0.2, -0.15) is 0 Å². The van der Waals surface area contributed by atoms with Crippen LogP contribution in [0.4, 0.5) is 5.82 Å². The van der Waals surface area contributed by atoms with E-state index in [2.05, 4.69) is 20.3 Å². The number of fused-ring (bicyclic) bond motifs is 1. The predicted octanol–water partition coefficient (Wildman–Crippen LogP) is 3.32. The highest BCUT2D eigenvalue weighted by Gasteiger charge is 2.11. The van der Waals surface area contributed by atoms with Crippen molar-refractivity contribution in [1.29, 1.82) is 0 Å². The van der Waals surface area contributed by atoms with Gasteiger partial charge in [0, 0.05) is 18.0 Å². The van der Waals surface area contributed by atoms with Crippen molar-refractivity contribution in [3.8, 4) is 0 Å². The molecular weight excluding hydrogens is 344 g/mol. The Hall–Kier alpha value is -2.93. The fourth-order valence-electron chi connectivity index (χ4n) is 2.21. The number of nitrogens with one attached hydrogen (secondary N) is 2. The number of ether oxygens (including phenoxy) is 1. The van der Waals surface area contributed by atoms with Crippen molar-refractivity contribution < 1.29 is 14.3 Å². The Morgan fingerprint density at radius 3 is 2.92 bits per heavy atom. The van der Waals surface area contributed by atoms with Crippen molar-refractivity contribution in [2.75, 3.05) is 5.32 Å². The molecular formula is C17H15ClN4O3. The van der Waals surface area contributed by atoms with Gasteiger partial charge in [-0.25, -0.2) is 9.97 Å². The number of aromatic amines is 1. The summed E-state index contributed by atoms with van der Waals surface area (Å²) in [4.78, 5) is 34.6. The smallest absolute Gasteiger partial charge is 0.305 e. The van der Waals surface area contributed by atoms with E-state index in [1.807, 2.05) is 0 Å². The van der Waals surface area contributed by atoms with Crippen molar-refractivity contribution >= 4 is 40.2 Å². The molecule has 0 saturated heterocycles. The van der Waals surface area contributed by atoms with E-state index in [1.54, 1.807) is 43.6 Å². The highest BCUT2D eigenvalue weighted by atomic mass is 35.5. The van der Waals surface area contributed by atoms with E-state index in [4.69, 9.17) is 16.3 Å². The molecule has 0 aliphatic carbocycles. The van der Waals surface area contributed by atoms with Crippen LogP contribution in [0.5, 0.6) is 0 Å². The van der Waals surface area contributed by atoms with Crippen LogP contribution in [-0.2, 0) is 16.1 Å². The average molecular weight is 359 g/mol. The lowest BCUT2D eigenvalue weighted by molar-refractivity contribution is -0.144. The fourth-order valence-corrected chi connectivity index (χ4v) is 2.38. The minimum Gasteiger partial charge on any atom is -0.461 e.